The molecule has 0 saturated heterocycles. The summed E-state index contributed by atoms with van der Waals surface area (Å²) in [6, 6.07) is 5.04. The fourth-order valence-electron chi connectivity index (χ4n) is 6.15. The molecule has 0 aliphatic heterocycles. The summed E-state index contributed by atoms with van der Waals surface area (Å²) in [7, 11) is 0. The lowest BCUT2D eigenvalue weighted by molar-refractivity contribution is 0.233. The molecule has 4 rings (SSSR count). The highest BCUT2D eigenvalue weighted by Gasteiger charge is 2.42. The third-order valence-electron chi connectivity index (χ3n) is 7.17. The van der Waals surface area contributed by atoms with Gasteiger partial charge in [-0.1, -0.05) is 38.8 Å². The maximum atomic E-state index is 2.54. The predicted octanol–water partition coefficient (Wildman–Crippen LogP) is 6.06. The summed E-state index contributed by atoms with van der Waals surface area (Å²) in [6.07, 6.45) is 14.2. The molecule has 0 N–H and O–H groups in total. The second-order valence-corrected chi connectivity index (χ2v) is 8.29. The van der Waals surface area contributed by atoms with E-state index >= 15 is 0 Å². The van der Waals surface area contributed by atoms with E-state index in [2.05, 4.69) is 26.0 Å². The molecule has 1 saturated carbocycles. The average molecular weight is 296 g/mol. The predicted molar refractivity (Wildman–Crippen MR) is 94.4 cm³/mol. The first kappa shape index (κ1) is 14.8. The lowest BCUT2D eigenvalue weighted by Crippen LogP contribution is -2.26. The lowest BCUT2D eigenvalue weighted by Gasteiger charge is -2.36. The Labute approximate surface area is 136 Å². The van der Waals surface area contributed by atoms with Gasteiger partial charge in [0.2, 0.25) is 0 Å². The van der Waals surface area contributed by atoms with Gasteiger partial charge in [0.1, 0.15) is 0 Å². The summed E-state index contributed by atoms with van der Waals surface area (Å²) in [4.78, 5) is 0. The lowest BCUT2D eigenvalue weighted by atomic mass is 9.69. The van der Waals surface area contributed by atoms with E-state index in [1.54, 1.807) is 16.7 Å². The van der Waals surface area contributed by atoms with Crippen molar-refractivity contribution < 1.29 is 0 Å². The standard InChI is InChI=1S/C22H32/c1-3-6-15(2)17-11-12-22-19(17)13-14-20-18-8-5-4-7-16(18)9-10-21(20)22/h9-10,15,17,19,22H,3-8,11-14H2,1-2H3/t15-,17-,19+,22-/m1/s1. The van der Waals surface area contributed by atoms with Crippen LogP contribution in [0.3, 0.4) is 0 Å². The van der Waals surface area contributed by atoms with Crippen LogP contribution < -0.4 is 0 Å². The first-order valence-electron chi connectivity index (χ1n) is 9.93. The van der Waals surface area contributed by atoms with E-state index < -0.39 is 0 Å². The van der Waals surface area contributed by atoms with Gasteiger partial charge >= 0.3 is 0 Å². The van der Waals surface area contributed by atoms with Crippen LogP contribution in [-0.4, -0.2) is 0 Å². The molecule has 0 heterocycles. The van der Waals surface area contributed by atoms with E-state index in [0.717, 1.165) is 23.7 Å². The van der Waals surface area contributed by atoms with Crippen LogP contribution >= 0.6 is 0 Å². The van der Waals surface area contributed by atoms with Crippen LogP contribution in [0.5, 0.6) is 0 Å². The molecule has 0 spiro atoms. The number of aryl methyl sites for hydroxylation is 1. The monoisotopic (exact) mass is 296 g/mol. The summed E-state index contributed by atoms with van der Waals surface area (Å²) < 4.78 is 0. The van der Waals surface area contributed by atoms with E-state index in [9.17, 15) is 0 Å². The molecule has 0 heteroatoms. The Kier molecular flexibility index (Phi) is 4.05. The zero-order valence-electron chi connectivity index (χ0n) is 14.5. The van der Waals surface area contributed by atoms with Gasteiger partial charge in [-0.05, 0) is 97.3 Å². The minimum absolute atomic E-state index is 0.903. The summed E-state index contributed by atoms with van der Waals surface area (Å²) in [5.41, 5.74) is 7.06. The van der Waals surface area contributed by atoms with Gasteiger partial charge in [-0.2, -0.15) is 0 Å². The Balaban J connectivity index is 1.63. The minimum atomic E-state index is 0.903. The highest BCUT2D eigenvalue weighted by molar-refractivity contribution is 5.46. The van der Waals surface area contributed by atoms with E-state index in [1.807, 2.05) is 5.56 Å². The maximum Gasteiger partial charge on any atom is -0.0128 e. The third kappa shape index (κ3) is 2.34. The number of hydrogen-bond acceptors (Lipinski definition) is 0. The second kappa shape index (κ2) is 6.02. The number of rotatable bonds is 3. The average Bonchev–Trinajstić information content (AvgIpc) is 2.99. The van der Waals surface area contributed by atoms with Crippen LogP contribution in [0.4, 0.5) is 0 Å². The molecule has 1 fully saturated rings. The molecule has 0 aromatic heterocycles. The van der Waals surface area contributed by atoms with Gasteiger partial charge in [0.05, 0.1) is 0 Å². The molecule has 0 unspecified atom stereocenters. The number of hydrogen-bond donors (Lipinski definition) is 0. The van der Waals surface area contributed by atoms with Gasteiger partial charge < -0.3 is 0 Å². The van der Waals surface area contributed by atoms with Crippen molar-refractivity contribution in [3.05, 3.63) is 34.4 Å². The molecule has 0 amide bonds. The van der Waals surface area contributed by atoms with Crippen LogP contribution in [-0.2, 0) is 19.3 Å². The maximum absolute atomic E-state index is 2.54. The van der Waals surface area contributed by atoms with Crippen molar-refractivity contribution in [3.63, 3.8) is 0 Å². The van der Waals surface area contributed by atoms with Gasteiger partial charge in [0.15, 0.2) is 0 Å². The zero-order chi connectivity index (χ0) is 15.1. The van der Waals surface area contributed by atoms with Crippen LogP contribution in [0, 0.1) is 17.8 Å². The van der Waals surface area contributed by atoms with Crippen molar-refractivity contribution in [2.24, 2.45) is 17.8 Å². The van der Waals surface area contributed by atoms with Gasteiger partial charge in [0.25, 0.3) is 0 Å². The Morgan fingerprint density at radius 3 is 2.73 bits per heavy atom. The van der Waals surface area contributed by atoms with Crippen molar-refractivity contribution in [1.29, 1.82) is 0 Å². The second-order valence-electron chi connectivity index (χ2n) is 8.29. The fourth-order valence-corrected chi connectivity index (χ4v) is 6.15. The van der Waals surface area contributed by atoms with Crippen molar-refractivity contribution in [3.8, 4) is 0 Å². The Morgan fingerprint density at radius 2 is 1.86 bits per heavy atom. The molecule has 1 aromatic rings. The minimum Gasteiger partial charge on any atom is -0.0654 e. The highest BCUT2D eigenvalue weighted by atomic mass is 14.5. The molecule has 4 atom stereocenters. The first-order valence-corrected chi connectivity index (χ1v) is 9.93. The van der Waals surface area contributed by atoms with E-state index in [-0.39, 0.29) is 0 Å². The highest BCUT2D eigenvalue weighted by Crippen LogP contribution is 2.53. The molecule has 1 aromatic carbocycles. The van der Waals surface area contributed by atoms with E-state index in [4.69, 9.17) is 0 Å². The van der Waals surface area contributed by atoms with Crippen molar-refractivity contribution in [2.75, 3.05) is 0 Å². The van der Waals surface area contributed by atoms with Crippen molar-refractivity contribution in [1.82, 2.24) is 0 Å². The van der Waals surface area contributed by atoms with Gasteiger partial charge in [-0.25, -0.2) is 0 Å². The molecule has 120 valence electrons. The molecular formula is C22H32. The van der Waals surface area contributed by atoms with E-state index in [1.165, 1.54) is 64.2 Å². The van der Waals surface area contributed by atoms with Crippen molar-refractivity contribution in [2.45, 2.75) is 84.0 Å². The van der Waals surface area contributed by atoms with Crippen LogP contribution in [0.15, 0.2) is 12.1 Å². The number of benzene rings is 1. The third-order valence-corrected chi connectivity index (χ3v) is 7.17. The molecule has 0 radical (unpaired) electrons. The van der Waals surface area contributed by atoms with Crippen LogP contribution in [0.2, 0.25) is 0 Å². The van der Waals surface area contributed by atoms with Crippen molar-refractivity contribution >= 4 is 0 Å². The summed E-state index contributed by atoms with van der Waals surface area (Å²) in [5.74, 6) is 3.85. The molecule has 0 bridgehead atoms. The molecule has 22 heavy (non-hydrogen) atoms. The molecule has 3 aliphatic carbocycles. The topological polar surface area (TPSA) is 0 Å². The van der Waals surface area contributed by atoms with E-state index in [0.29, 0.717) is 0 Å². The summed E-state index contributed by atoms with van der Waals surface area (Å²) in [5, 5.41) is 0. The largest absolute Gasteiger partial charge is 0.0654 e. The van der Waals surface area contributed by atoms with Crippen LogP contribution in [0.1, 0.15) is 87.0 Å². The quantitative estimate of drug-likeness (QED) is 0.636. The molecule has 3 aliphatic rings. The van der Waals surface area contributed by atoms with Gasteiger partial charge in [-0.15, -0.1) is 0 Å². The van der Waals surface area contributed by atoms with Gasteiger partial charge in [-0.3, -0.25) is 0 Å². The summed E-state index contributed by atoms with van der Waals surface area (Å²) >= 11 is 0. The summed E-state index contributed by atoms with van der Waals surface area (Å²) in [6.45, 7) is 4.88. The zero-order valence-corrected chi connectivity index (χ0v) is 14.5. The van der Waals surface area contributed by atoms with Gasteiger partial charge in [0, 0.05) is 0 Å². The molecule has 0 nitrogen and oxygen atoms in total. The number of fused-ring (bicyclic) bond motifs is 5. The Morgan fingerprint density at radius 1 is 1.00 bits per heavy atom. The normalized spacial score (nSPS) is 31.3. The Hall–Kier alpha value is -0.780. The smallest absolute Gasteiger partial charge is 0.0128 e. The molecular weight excluding hydrogens is 264 g/mol. The SMILES string of the molecule is CCC[C@@H](C)[C@H]1CC[C@H]2c3ccc4c(c3CC[C@@H]12)CCCC4. The first-order chi connectivity index (χ1) is 10.8. The fraction of sp³-hybridized carbons (Fsp3) is 0.727. The van der Waals surface area contributed by atoms with Crippen LogP contribution in [0.25, 0.3) is 0 Å². The Bertz CT molecular complexity index is 541.